The molecular formula is C24H44O5. The van der Waals surface area contributed by atoms with E-state index in [4.69, 9.17) is 9.84 Å². The number of aliphatic carboxylic acids is 1. The number of unbranched alkanes of at least 4 members (excludes halogenated alkanes) is 8. The fourth-order valence-electron chi connectivity index (χ4n) is 3.45. The van der Waals surface area contributed by atoms with Crippen molar-refractivity contribution in [3.63, 3.8) is 0 Å². The molecule has 0 fully saturated rings. The molecule has 0 saturated carbocycles. The Balaban J connectivity index is 4.10. The minimum absolute atomic E-state index is 0.0111. The Morgan fingerprint density at radius 1 is 0.655 bits per heavy atom. The van der Waals surface area contributed by atoms with Crippen molar-refractivity contribution < 1.29 is 24.2 Å². The fraction of sp³-hybridized carbons (Fsp3) is 0.875. The number of carbonyl (C=O) groups excluding carboxylic acids is 2. The third-order valence-corrected chi connectivity index (χ3v) is 5.24. The zero-order valence-corrected chi connectivity index (χ0v) is 18.9. The smallest absolute Gasteiger partial charge is 0.306 e. The van der Waals surface area contributed by atoms with Gasteiger partial charge in [0, 0.05) is 25.7 Å². The van der Waals surface area contributed by atoms with E-state index in [0.29, 0.717) is 19.3 Å². The second-order valence-electron chi connectivity index (χ2n) is 8.16. The van der Waals surface area contributed by atoms with Gasteiger partial charge in [0.1, 0.15) is 11.9 Å². The highest BCUT2D eigenvalue weighted by atomic mass is 16.5. The number of carbonyl (C=O) groups is 3. The van der Waals surface area contributed by atoms with Gasteiger partial charge in [-0.25, -0.2) is 0 Å². The molecule has 0 atom stereocenters. The van der Waals surface area contributed by atoms with Crippen molar-refractivity contribution in [1.29, 1.82) is 0 Å². The average molecular weight is 413 g/mol. The summed E-state index contributed by atoms with van der Waals surface area (Å²) < 4.78 is 5.73. The van der Waals surface area contributed by atoms with Gasteiger partial charge in [0.2, 0.25) is 0 Å². The number of Topliss-reactive ketones (excluding diaryl/α,β-unsaturated/α-hetero) is 1. The Morgan fingerprint density at radius 3 is 1.62 bits per heavy atom. The summed E-state index contributed by atoms with van der Waals surface area (Å²) in [7, 11) is 0. The van der Waals surface area contributed by atoms with E-state index < -0.39 is 5.97 Å². The molecule has 0 rings (SSSR count). The van der Waals surface area contributed by atoms with Crippen molar-refractivity contribution in [3.8, 4) is 0 Å². The van der Waals surface area contributed by atoms with Crippen LogP contribution in [0.4, 0.5) is 0 Å². The third kappa shape index (κ3) is 19.7. The van der Waals surface area contributed by atoms with Crippen LogP contribution >= 0.6 is 0 Å². The number of carboxylic acid groups (broad SMARTS) is 1. The number of carboxylic acids is 1. The summed E-state index contributed by atoms with van der Waals surface area (Å²) in [6.45, 7) is 4.41. The van der Waals surface area contributed by atoms with Crippen LogP contribution in [0.5, 0.6) is 0 Å². The molecule has 0 aromatic rings. The summed E-state index contributed by atoms with van der Waals surface area (Å²) in [5.41, 5.74) is 0. The lowest BCUT2D eigenvalue weighted by Crippen LogP contribution is -2.18. The Labute approximate surface area is 178 Å². The third-order valence-electron chi connectivity index (χ3n) is 5.24. The maximum atomic E-state index is 12.2. The Bertz CT molecular complexity index is 419. The van der Waals surface area contributed by atoms with Crippen molar-refractivity contribution in [1.82, 2.24) is 0 Å². The molecule has 0 saturated heterocycles. The van der Waals surface area contributed by atoms with Crippen molar-refractivity contribution in [2.45, 2.75) is 136 Å². The van der Waals surface area contributed by atoms with Crippen molar-refractivity contribution in [3.05, 3.63) is 0 Å². The minimum Gasteiger partial charge on any atom is -0.481 e. The molecule has 0 aromatic heterocycles. The summed E-state index contributed by atoms with van der Waals surface area (Å²) >= 11 is 0. The lowest BCUT2D eigenvalue weighted by molar-refractivity contribution is -0.150. The van der Waals surface area contributed by atoms with Crippen LogP contribution in [0.3, 0.4) is 0 Å². The van der Waals surface area contributed by atoms with Gasteiger partial charge in [0.25, 0.3) is 0 Å². The van der Waals surface area contributed by atoms with Crippen LogP contribution in [0.25, 0.3) is 0 Å². The van der Waals surface area contributed by atoms with E-state index in [1.165, 1.54) is 51.4 Å². The van der Waals surface area contributed by atoms with Gasteiger partial charge in [-0.15, -0.1) is 0 Å². The molecule has 0 aliphatic carbocycles. The molecule has 0 aromatic carbocycles. The molecule has 0 aliphatic rings. The number of hydrogen-bond acceptors (Lipinski definition) is 4. The van der Waals surface area contributed by atoms with Gasteiger partial charge in [-0.2, -0.15) is 0 Å². The maximum absolute atomic E-state index is 12.2. The monoisotopic (exact) mass is 412 g/mol. The quantitative estimate of drug-likeness (QED) is 0.169. The summed E-state index contributed by atoms with van der Waals surface area (Å²) in [5.74, 6) is -1.05. The lowest BCUT2D eigenvalue weighted by atomic mass is 10.0. The molecular weight excluding hydrogens is 368 g/mol. The van der Waals surface area contributed by atoms with Crippen LogP contribution in [0.2, 0.25) is 0 Å². The standard InChI is InChI=1S/C24H44O5/c1-3-5-7-9-11-17-22(18-12-10-8-6-4-2)29-24(28)20-14-16-21(25)15-13-19-23(26)27/h22H,3-20H2,1-2H3,(H,26,27). The highest BCUT2D eigenvalue weighted by Gasteiger charge is 2.15. The molecule has 0 heterocycles. The number of ketones is 1. The first-order valence-corrected chi connectivity index (χ1v) is 11.9. The molecule has 1 N–H and O–H groups in total. The van der Waals surface area contributed by atoms with Crippen LogP contribution in [-0.4, -0.2) is 28.9 Å². The molecule has 5 heteroatoms. The number of hydrogen-bond donors (Lipinski definition) is 1. The van der Waals surface area contributed by atoms with E-state index in [1.807, 2.05) is 0 Å². The molecule has 0 bridgehead atoms. The van der Waals surface area contributed by atoms with Crippen LogP contribution < -0.4 is 0 Å². The highest BCUT2D eigenvalue weighted by molar-refractivity contribution is 5.79. The SMILES string of the molecule is CCCCCCCC(CCCCCCC)OC(=O)CCCC(=O)CCCC(=O)O. The topological polar surface area (TPSA) is 80.7 Å². The van der Waals surface area contributed by atoms with Crippen LogP contribution in [0.1, 0.15) is 129 Å². The fourth-order valence-corrected chi connectivity index (χ4v) is 3.45. The molecule has 29 heavy (non-hydrogen) atoms. The first kappa shape index (κ1) is 27.6. The highest BCUT2D eigenvalue weighted by Crippen LogP contribution is 2.17. The van der Waals surface area contributed by atoms with Gasteiger partial charge in [-0.05, 0) is 38.5 Å². The van der Waals surface area contributed by atoms with Gasteiger partial charge < -0.3 is 9.84 Å². The number of esters is 1. The van der Waals surface area contributed by atoms with E-state index in [2.05, 4.69) is 13.8 Å². The van der Waals surface area contributed by atoms with E-state index in [1.54, 1.807) is 0 Å². The molecule has 170 valence electrons. The summed E-state index contributed by atoms with van der Waals surface area (Å²) in [4.78, 5) is 34.4. The second kappa shape index (κ2) is 19.9. The maximum Gasteiger partial charge on any atom is 0.306 e. The van der Waals surface area contributed by atoms with E-state index in [-0.39, 0.29) is 37.1 Å². The first-order chi connectivity index (χ1) is 14.0. The molecule has 0 spiro atoms. The Kier molecular flexibility index (Phi) is 19.0. The number of rotatable bonds is 21. The summed E-state index contributed by atoms with van der Waals surface area (Å²) in [6, 6.07) is 0. The van der Waals surface area contributed by atoms with Crippen molar-refractivity contribution in [2.24, 2.45) is 0 Å². The lowest BCUT2D eigenvalue weighted by Gasteiger charge is -2.18. The molecule has 0 aliphatic heterocycles. The number of ether oxygens (including phenoxy) is 1. The van der Waals surface area contributed by atoms with Crippen LogP contribution in [0.15, 0.2) is 0 Å². The Morgan fingerprint density at radius 2 is 1.14 bits per heavy atom. The van der Waals surface area contributed by atoms with Crippen molar-refractivity contribution in [2.75, 3.05) is 0 Å². The van der Waals surface area contributed by atoms with Crippen molar-refractivity contribution >= 4 is 17.7 Å². The van der Waals surface area contributed by atoms with E-state index in [0.717, 1.165) is 25.7 Å². The predicted octanol–water partition coefficient (Wildman–Crippen LogP) is 6.61. The zero-order chi connectivity index (χ0) is 21.7. The van der Waals surface area contributed by atoms with E-state index >= 15 is 0 Å². The molecule has 5 nitrogen and oxygen atoms in total. The predicted molar refractivity (Wildman–Crippen MR) is 117 cm³/mol. The molecule has 0 unspecified atom stereocenters. The van der Waals surface area contributed by atoms with Crippen LogP contribution in [0, 0.1) is 0 Å². The largest absolute Gasteiger partial charge is 0.481 e. The van der Waals surface area contributed by atoms with Crippen LogP contribution in [-0.2, 0) is 19.1 Å². The minimum atomic E-state index is -0.878. The van der Waals surface area contributed by atoms with E-state index in [9.17, 15) is 14.4 Å². The normalized spacial score (nSPS) is 11.0. The first-order valence-electron chi connectivity index (χ1n) is 11.9. The van der Waals surface area contributed by atoms with Gasteiger partial charge in [0.05, 0.1) is 0 Å². The average Bonchev–Trinajstić information content (AvgIpc) is 2.67. The van der Waals surface area contributed by atoms with Gasteiger partial charge >= 0.3 is 11.9 Å². The summed E-state index contributed by atoms with van der Waals surface area (Å²) in [5, 5.41) is 8.59. The Hall–Kier alpha value is -1.39. The summed E-state index contributed by atoms with van der Waals surface area (Å²) in [6.07, 6.45) is 15.7. The molecule has 0 radical (unpaired) electrons. The van der Waals surface area contributed by atoms with Gasteiger partial charge in [-0.3, -0.25) is 14.4 Å². The van der Waals surface area contributed by atoms with Gasteiger partial charge in [0.15, 0.2) is 0 Å². The van der Waals surface area contributed by atoms with Gasteiger partial charge in [-0.1, -0.05) is 65.2 Å². The molecule has 0 amide bonds. The second-order valence-corrected chi connectivity index (χ2v) is 8.16. The zero-order valence-electron chi connectivity index (χ0n) is 18.9.